The summed E-state index contributed by atoms with van der Waals surface area (Å²) >= 11 is 6.00. The first kappa shape index (κ1) is 18.1. The lowest BCUT2D eigenvalue weighted by atomic mass is 10.1. The van der Waals surface area contributed by atoms with Gasteiger partial charge in [0, 0.05) is 10.6 Å². The minimum absolute atomic E-state index is 0.180. The number of fused-ring (bicyclic) bond motifs is 1. The van der Waals surface area contributed by atoms with Gasteiger partial charge in [0.2, 0.25) is 5.91 Å². The first-order valence-corrected chi connectivity index (χ1v) is 9.11. The van der Waals surface area contributed by atoms with Crippen molar-refractivity contribution in [3.63, 3.8) is 0 Å². The number of nitrogens with zero attached hydrogens (tertiary/aromatic N) is 1. The maximum atomic E-state index is 12.1. The molecule has 2 heterocycles. The summed E-state index contributed by atoms with van der Waals surface area (Å²) < 4.78 is 16.7. The lowest BCUT2D eigenvalue weighted by molar-refractivity contribution is -0.120. The van der Waals surface area contributed by atoms with Gasteiger partial charge in [-0.1, -0.05) is 29.8 Å². The molecule has 7 heteroatoms. The molecule has 0 atom stereocenters. The third-order valence-electron chi connectivity index (χ3n) is 4.09. The molecule has 0 saturated heterocycles. The van der Waals surface area contributed by atoms with Crippen LogP contribution in [-0.2, 0) is 11.2 Å². The Kier molecular flexibility index (Phi) is 5.30. The highest BCUT2D eigenvalue weighted by atomic mass is 35.5. The normalized spacial score (nSPS) is 12.9. The van der Waals surface area contributed by atoms with Crippen molar-refractivity contribution in [3.8, 4) is 22.8 Å². The van der Waals surface area contributed by atoms with Crippen LogP contribution in [0.4, 0.5) is 0 Å². The van der Waals surface area contributed by atoms with Gasteiger partial charge in [-0.15, -0.1) is 0 Å². The van der Waals surface area contributed by atoms with E-state index in [1.807, 2.05) is 36.4 Å². The van der Waals surface area contributed by atoms with E-state index >= 15 is 0 Å². The number of benzene rings is 2. The summed E-state index contributed by atoms with van der Waals surface area (Å²) in [5.74, 6) is 2.31. The SMILES string of the molecule is O=C(Cc1ccc2c(c1)OCCO2)N/N=C\c1ccc(-c2cccc(Cl)c2)o1. The van der Waals surface area contributed by atoms with Crippen molar-refractivity contribution < 1.29 is 18.7 Å². The van der Waals surface area contributed by atoms with Crippen LogP contribution in [0.25, 0.3) is 11.3 Å². The van der Waals surface area contributed by atoms with Crippen LogP contribution in [0, 0.1) is 0 Å². The lowest BCUT2D eigenvalue weighted by Crippen LogP contribution is -2.20. The molecule has 6 nitrogen and oxygen atoms in total. The van der Waals surface area contributed by atoms with E-state index in [-0.39, 0.29) is 12.3 Å². The number of hydrazone groups is 1. The summed E-state index contributed by atoms with van der Waals surface area (Å²) in [4.78, 5) is 12.1. The predicted octanol–water partition coefficient (Wildman–Crippen LogP) is 4.06. The summed E-state index contributed by atoms with van der Waals surface area (Å²) in [7, 11) is 0. The second-order valence-electron chi connectivity index (χ2n) is 6.16. The Hall–Kier alpha value is -3.25. The van der Waals surface area contributed by atoms with Crippen LogP contribution in [0.3, 0.4) is 0 Å². The van der Waals surface area contributed by atoms with Crippen molar-refractivity contribution >= 4 is 23.7 Å². The van der Waals surface area contributed by atoms with E-state index in [4.69, 9.17) is 25.5 Å². The van der Waals surface area contributed by atoms with Crippen LogP contribution in [0.5, 0.6) is 11.5 Å². The summed E-state index contributed by atoms with van der Waals surface area (Å²) in [6.07, 6.45) is 1.63. The van der Waals surface area contributed by atoms with Gasteiger partial charge >= 0.3 is 0 Å². The molecular weight excluding hydrogens is 380 g/mol. The average molecular weight is 397 g/mol. The van der Waals surface area contributed by atoms with Gasteiger partial charge in [-0.3, -0.25) is 4.79 Å². The second kappa shape index (κ2) is 8.19. The zero-order chi connectivity index (χ0) is 19.3. The first-order chi connectivity index (χ1) is 13.7. The Balaban J connectivity index is 1.34. The van der Waals surface area contributed by atoms with Crippen LogP contribution in [0.15, 0.2) is 64.1 Å². The molecule has 0 spiro atoms. The molecule has 28 heavy (non-hydrogen) atoms. The first-order valence-electron chi connectivity index (χ1n) is 8.73. The highest BCUT2D eigenvalue weighted by Crippen LogP contribution is 2.30. The van der Waals surface area contributed by atoms with E-state index in [1.54, 1.807) is 18.2 Å². The molecule has 0 aliphatic carbocycles. The highest BCUT2D eigenvalue weighted by Gasteiger charge is 2.13. The minimum atomic E-state index is -0.241. The van der Waals surface area contributed by atoms with E-state index in [1.165, 1.54) is 6.21 Å². The van der Waals surface area contributed by atoms with Crippen molar-refractivity contribution in [2.45, 2.75) is 6.42 Å². The number of rotatable bonds is 5. The molecule has 2 aromatic carbocycles. The fourth-order valence-corrected chi connectivity index (χ4v) is 3.00. The summed E-state index contributed by atoms with van der Waals surface area (Å²) in [5.41, 5.74) is 4.18. The number of halogens is 1. The van der Waals surface area contributed by atoms with Gasteiger partial charge in [0.05, 0.1) is 12.6 Å². The van der Waals surface area contributed by atoms with Crippen molar-refractivity contribution in [3.05, 3.63) is 70.9 Å². The third-order valence-corrected chi connectivity index (χ3v) is 4.32. The monoisotopic (exact) mass is 396 g/mol. The fraction of sp³-hybridized carbons (Fsp3) is 0.143. The van der Waals surface area contributed by atoms with Crippen LogP contribution in [0.2, 0.25) is 5.02 Å². The highest BCUT2D eigenvalue weighted by molar-refractivity contribution is 6.30. The lowest BCUT2D eigenvalue weighted by Gasteiger charge is -2.18. The Bertz CT molecular complexity index is 1030. The molecule has 0 saturated carbocycles. The van der Waals surface area contributed by atoms with Gasteiger partial charge in [0.25, 0.3) is 0 Å². The maximum Gasteiger partial charge on any atom is 0.244 e. The minimum Gasteiger partial charge on any atom is -0.486 e. The molecule has 3 aromatic rings. The van der Waals surface area contributed by atoms with Crippen molar-refractivity contribution in [1.29, 1.82) is 0 Å². The predicted molar refractivity (Wildman–Crippen MR) is 106 cm³/mol. The smallest absolute Gasteiger partial charge is 0.244 e. The Labute approximate surface area is 166 Å². The van der Waals surface area contributed by atoms with Crippen molar-refractivity contribution in [2.24, 2.45) is 5.10 Å². The molecule has 0 radical (unpaired) electrons. The van der Waals surface area contributed by atoms with Gasteiger partial charge in [-0.2, -0.15) is 5.10 Å². The zero-order valence-corrected chi connectivity index (χ0v) is 15.6. The average Bonchev–Trinajstić information content (AvgIpc) is 3.17. The summed E-state index contributed by atoms with van der Waals surface area (Å²) in [6.45, 7) is 1.04. The van der Waals surface area contributed by atoms with E-state index in [0.717, 1.165) is 11.1 Å². The topological polar surface area (TPSA) is 73.1 Å². The van der Waals surface area contributed by atoms with E-state index < -0.39 is 0 Å². The molecule has 0 unspecified atom stereocenters. The van der Waals surface area contributed by atoms with Gasteiger partial charge < -0.3 is 13.9 Å². The number of ether oxygens (including phenoxy) is 2. The van der Waals surface area contributed by atoms with Crippen LogP contribution in [-0.4, -0.2) is 25.3 Å². The van der Waals surface area contributed by atoms with Gasteiger partial charge in [-0.25, -0.2) is 5.43 Å². The molecule has 1 aliphatic rings. The fourth-order valence-electron chi connectivity index (χ4n) is 2.81. The summed E-state index contributed by atoms with van der Waals surface area (Å²) in [5, 5.41) is 4.58. The number of carbonyl (C=O) groups excluding carboxylic acids is 1. The van der Waals surface area contributed by atoms with Gasteiger partial charge in [0.15, 0.2) is 11.5 Å². The van der Waals surface area contributed by atoms with E-state index in [0.29, 0.717) is 41.3 Å². The van der Waals surface area contributed by atoms with Gasteiger partial charge in [0.1, 0.15) is 24.7 Å². The number of nitrogens with one attached hydrogen (secondary N) is 1. The number of carbonyl (C=O) groups is 1. The largest absolute Gasteiger partial charge is 0.486 e. The standard InChI is InChI=1S/C21H17ClN2O4/c22-16-3-1-2-15(12-16)18-7-5-17(28-18)13-23-24-21(25)11-14-4-6-19-20(10-14)27-9-8-26-19/h1-7,10,12-13H,8-9,11H2,(H,24,25)/b23-13-. The molecule has 1 N–H and O–H groups in total. The maximum absolute atomic E-state index is 12.1. The van der Waals surface area contributed by atoms with Crippen molar-refractivity contribution in [1.82, 2.24) is 5.43 Å². The van der Waals surface area contributed by atoms with E-state index in [9.17, 15) is 4.79 Å². The van der Waals surface area contributed by atoms with Crippen LogP contribution in [0.1, 0.15) is 11.3 Å². The molecule has 0 bridgehead atoms. The van der Waals surface area contributed by atoms with Crippen LogP contribution >= 0.6 is 11.6 Å². The molecule has 0 fully saturated rings. The Morgan fingerprint density at radius 2 is 1.93 bits per heavy atom. The van der Waals surface area contributed by atoms with Crippen molar-refractivity contribution in [2.75, 3.05) is 13.2 Å². The number of hydrogen-bond acceptors (Lipinski definition) is 5. The quantitative estimate of drug-likeness (QED) is 0.521. The second-order valence-corrected chi connectivity index (χ2v) is 6.60. The number of amides is 1. The van der Waals surface area contributed by atoms with Crippen LogP contribution < -0.4 is 14.9 Å². The molecule has 1 amide bonds. The molecular formula is C21H17ClN2O4. The number of furan rings is 1. The zero-order valence-electron chi connectivity index (χ0n) is 14.9. The van der Waals surface area contributed by atoms with Gasteiger partial charge in [-0.05, 0) is 42.0 Å². The summed E-state index contributed by atoms with van der Waals surface area (Å²) in [6, 6.07) is 16.4. The van der Waals surface area contributed by atoms with E-state index in [2.05, 4.69) is 10.5 Å². The number of hydrogen-bond donors (Lipinski definition) is 1. The molecule has 1 aromatic heterocycles. The Morgan fingerprint density at radius 1 is 1.07 bits per heavy atom. The Morgan fingerprint density at radius 3 is 2.79 bits per heavy atom. The third kappa shape index (κ3) is 4.35. The molecule has 1 aliphatic heterocycles. The molecule has 142 valence electrons. The molecule has 4 rings (SSSR count).